The van der Waals surface area contributed by atoms with Gasteiger partial charge < -0.3 is 4.90 Å². The molecule has 3 fully saturated rings. The van der Waals surface area contributed by atoms with Crippen LogP contribution in [0.2, 0.25) is 0 Å². The van der Waals surface area contributed by atoms with Crippen LogP contribution in [0.15, 0.2) is 29.2 Å². The van der Waals surface area contributed by atoms with Crippen molar-refractivity contribution in [3.8, 4) is 0 Å². The van der Waals surface area contributed by atoms with E-state index < -0.39 is 20.6 Å². The minimum absolute atomic E-state index is 0.0992. The summed E-state index contributed by atoms with van der Waals surface area (Å²) in [5, 5.41) is 11.2. The Hall–Kier alpha value is -2.00. The number of fused-ring (bicyclic) bond motifs is 2. The third-order valence-electron chi connectivity index (χ3n) is 6.29. The molecule has 3 aliphatic rings. The highest BCUT2D eigenvalue weighted by Gasteiger charge is 2.45. The van der Waals surface area contributed by atoms with E-state index in [9.17, 15) is 23.3 Å². The minimum atomic E-state index is -3.96. The Kier molecular flexibility index (Phi) is 4.67. The molecule has 1 saturated heterocycles. The highest BCUT2D eigenvalue weighted by molar-refractivity contribution is 7.89. The Morgan fingerprint density at radius 1 is 1.07 bits per heavy atom. The van der Waals surface area contributed by atoms with E-state index in [1.165, 1.54) is 35.0 Å². The predicted molar refractivity (Wildman–Crippen MR) is 97.4 cm³/mol. The Morgan fingerprint density at radius 3 is 2.37 bits per heavy atom. The van der Waals surface area contributed by atoms with Crippen LogP contribution in [0.25, 0.3) is 0 Å². The second kappa shape index (κ2) is 6.87. The highest BCUT2D eigenvalue weighted by Crippen LogP contribution is 2.49. The Bertz CT molecular complexity index is 864. The van der Waals surface area contributed by atoms with Crippen molar-refractivity contribution in [2.75, 3.05) is 26.2 Å². The zero-order valence-electron chi connectivity index (χ0n) is 15.0. The molecule has 2 aliphatic carbocycles. The van der Waals surface area contributed by atoms with Crippen molar-refractivity contribution < 1.29 is 18.1 Å². The largest absolute Gasteiger partial charge is 0.340 e. The van der Waals surface area contributed by atoms with Crippen molar-refractivity contribution in [3.63, 3.8) is 0 Å². The summed E-state index contributed by atoms with van der Waals surface area (Å²) < 4.78 is 27.0. The number of hydrogen-bond donors (Lipinski definition) is 0. The number of piperazine rings is 1. The van der Waals surface area contributed by atoms with E-state index in [0.29, 0.717) is 24.9 Å². The molecule has 1 amide bonds. The number of sulfonamides is 1. The van der Waals surface area contributed by atoms with Gasteiger partial charge in [0.2, 0.25) is 15.9 Å². The monoisotopic (exact) mass is 393 g/mol. The van der Waals surface area contributed by atoms with Crippen molar-refractivity contribution in [2.24, 2.45) is 17.8 Å². The fourth-order valence-electron chi connectivity index (χ4n) is 4.90. The molecule has 1 aromatic rings. The van der Waals surface area contributed by atoms with Crippen LogP contribution >= 0.6 is 0 Å². The van der Waals surface area contributed by atoms with Crippen LogP contribution in [0.5, 0.6) is 0 Å². The fraction of sp³-hybridized carbons (Fsp3) is 0.611. The van der Waals surface area contributed by atoms with Crippen molar-refractivity contribution in [1.29, 1.82) is 0 Å². The summed E-state index contributed by atoms with van der Waals surface area (Å²) in [6.07, 6.45) is 4.49. The van der Waals surface area contributed by atoms with Crippen LogP contribution in [0.1, 0.15) is 25.7 Å². The lowest BCUT2D eigenvalue weighted by Crippen LogP contribution is -2.52. The van der Waals surface area contributed by atoms with Gasteiger partial charge in [-0.3, -0.25) is 14.9 Å². The average molecular weight is 393 g/mol. The molecule has 9 heteroatoms. The fourth-order valence-corrected chi connectivity index (χ4v) is 6.48. The van der Waals surface area contributed by atoms with Crippen molar-refractivity contribution >= 4 is 21.6 Å². The summed E-state index contributed by atoms with van der Waals surface area (Å²) >= 11 is 0. The molecule has 1 heterocycles. The molecule has 146 valence electrons. The first-order chi connectivity index (χ1) is 12.9. The van der Waals surface area contributed by atoms with Crippen LogP contribution < -0.4 is 0 Å². The molecule has 1 aromatic carbocycles. The Balaban J connectivity index is 1.44. The van der Waals surface area contributed by atoms with Gasteiger partial charge in [0.25, 0.3) is 5.69 Å². The Labute approximate surface area is 158 Å². The lowest BCUT2D eigenvalue weighted by molar-refractivity contribution is -0.387. The Morgan fingerprint density at radius 2 is 1.78 bits per heavy atom. The first-order valence-electron chi connectivity index (χ1n) is 9.40. The summed E-state index contributed by atoms with van der Waals surface area (Å²) in [6, 6.07) is 5.39. The molecule has 2 bridgehead atoms. The maximum absolute atomic E-state index is 12.9. The van der Waals surface area contributed by atoms with E-state index in [1.807, 2.05) is 0 Å². The summed E-state index contributed by atoms with van der Waals surface area (Å²) in [5.41, 5.74) is -0.419. The first-order valence-corrected chi connectivity index (χ1v) is 10.8. The molecule has 2 saturated carbocycles. The average Bonchev–Trinajstić information content (AvgIpc) is 3.31. The number of nitro groups is 1. The van der Waals surface area contributed by atoms with E-state index in [4.69, 9.17) is 0 Å². The quantitative estimate of drug-likeness (QED) is 0.574. The number of hydrogen-bond acceptors (Lipinski definition) is 5. The summed E-state index contributed by atoms with van der Waals surface area (Å²) in [4.78, 5) is 24.8. The molecule has 3 unspecified atom stereocenters. The molecular weight excluding hydrogens is 370 g/mol. The maximum Gasteiger partial charge on any atom is 0.289 e. The highest BCUT2D eigenvalue weighted by atomic mass is 32.2. The molecule has 3 atom stereocenters. The van der Waals surface area contributed by atoms with Crippen molar-refractivity contribution in [2.45, 2.75) is 30.6 Å². The number of amides is 1. The van der Waals surface area contributed by atoms with E-state index in [-0.39, 0.29) is 29.8 Å². The zero-order chi connectivity index (χ0) is 19.2. The molecular formula is C18H23N3O5S. The van der Waals surface area contributed by atoms with Gasteiger partial charge in [0.05, 0.1) is 4.92 Å². The molecule has 0 N–H and O–H groups in total. The van der Waals surface area contributed by atoms with Crippen LogP contribution in [0, 0.1) is 27.9 Å². The van der Waals surface area contributed by atoms with Crippen LogP contribution in [0.3, 0.4) is 0 Å². The first kappa shape index (κ1) is 18.4. The van der Waals surface area contributed by atoms with E-state index in [2.05, 4.69) is 0 Å². The summed E-state index contributed by atoms with van der Waals surface area (Å²) in [6.45, 7) is 1.01. The van der Waals surface area contributed by atoms with Gasteiger partial charge in [0.1, 0.15) is 0 Å². The second-order valence-electron chi connectivity index (χ2n) is 7.74. The van der Waals surface area contributed by atoms with E-state index >= 15 is 0 Å². The van der Waals surface area contributed by atoms with Gasteiger partial charge in [0.15, 0.2) is 4.90 Å². The number of benzene rings is 1. The van der Waals surface area contributed by atoms with Gasteiger partial charge in [-0.05, 0) is 37.2 Å². The van der Waals surface area contributed by atoms with Gasteiger partial charge >= 0.3 is 0 Å². The summed E-state index contributed by atoms with van der Waals surface area (Å²) in [5.74, 6) is 1.44. The van der Waals surface area contributed by atoms with Crippen LogP contribution in [-0.2, 0) is 14.8 Å². The zero-order valence-corrected chi connectivity index (χ0v) is 15.8. The standard InChI is InChI=1S/C18H23N3O5S/c22-18(15-12-13-5-6-14(15)11-13)19-7-9-20(10-8-19)27(25,26)17-4-2-1-3-16(17)21(23)24/h1-4,13-15H,5-12H2. The maximum atomic E-state index is 12.9. The normalized spacial score (nSPS) is 28.4. The van der Waals surface area contributed by atoms with Crippen molar-refractivity contribution in [1.82, 2.24) is 9.21 Å². The number of nitrogens with zero attached hydrogens (tertiary/aromatic N) is 3. The lowest BCUT2D eigenvalue weighted by Gasteiger charge is -2.36. The van der Waals surface area contributed by atoms with Crippen LogP contribution in [0.4, 0.5) is 5.69 Å². The molecule has 0 spiro atoms. The molecule has 4 rings (SSSR count). The third kappa shape index (κ3) is 3.23. The number of nitro benzene ring substituents is 1. The molecule has 1 aliphatic heterocycles. The second-order valence-corrected chi connectivity index (χ2v) is 9.64. The SMILES string of the molecule is O=C(C1CC2CCC1C2)N1CCN(S(=O)(=O)c2ccccc2[N+](=O)[O-])CC1. The lowest BCUT2D eigenvalue weighted by atomic mass is 9.87. The third-order valence-corrected chi connectivity index (χ3v) is 8.23. The molecule has 27 heavy (non-hydrogen) atoms. The van der Waals surface area contributed by atoms with Crippen molar-refractivity contribution in [3.05, 3.63) is 34.4 Å². The predicted octanol–water partition coefficient (Wildman–Crippen LogP) is 1.86. The van der Waals surface area contributed by atoms with Gasteiger partial charge in [-0.2, -0.15) is 4.31 Å². The topological polar surface area (TPSA) is 101 Å². The molecule has 0 aromatic heterocycles. The number of carbonyl (C=O) groups is 1. The van der Waals surface area contributed by atoms with Gasteiger partial charge in [0, 0.05) is 38.2 Å². The van der Waals surface area contributed by atoms with Gasteiger partial charge in [-0.25, -0.2) is 8.42 Å². The molecule has 8 nitrogen and oxygen atoms in total. The molecule has 0 radical (unpaired) electrons. The van der Waals surface area contributed by atoms with Crippen LogP contribution in [-0.4, -0.2) is 54.6 Å². The number of para-hydroxylation sites is 1. The van der Waals surface area contributed by atoms with E-state index in [1.54, 1.807) is 4.90 Å². The minimum Gasteiger partial charge on any atom is -0.340 e. The van der Waals surface area contributed by atoms with Gasteiger partial charge in [-0.15, -0.1) is 0 Å². The van der Waals surface area contributed by atoms with E-state index in [0.717, 1.165) is 19.3 Å². The number of carbonyl (C=O) groups excluding carboxylic acids is 1. The smallest absolute Gasteiger partial charge is 0.289 e. The van der Waals surface area contributed by atoms with Gasteiger partial charge in [-0.1, -0.05) is 18.6 Å². The number of rotatable bonds is 4. The summed E-state index contributed by atoms with van der Waals surface area (Å²) in [7, 11) is -3.96.